The Morgan fingerprint density at radius 1 is 1.17 bits per heavy atom. The minimum absolute atomic E-state index is 0.00698. The number of methoxy groups -OCH3 is 1. The molecule has 6 heteroatoms. The number of nitrogens with one attached hydrogen (secondary N) is 1. The van der Waals surface area contributed by atoms with Crippen molar-refractivity contribution in [3.05, 3.63) is 29.8 Å². The van der Waals surface area contributed by atoms with E-state index in [1.807, 2.05) is 13.8 Å². The summed E-state index contributed by atoms with van der Waals surface area (Å²) in [5.41, 5.74) is 0.506. The van der Waals surface area contributed by atoms with E-state index in [2.05, 4.69) is 5.32 Å². The molecule has 1 aromatic carbocycles. The second kappa shape index (κ2) is 7.97. The van der Waals surface area contributed by atoms with Crippen LogP contribution < -0.4 is 10.1 Å². The third-order valence-electron chi connectivity index (χ3n) is 3.89. The molecule has 0 radical (unpaired) electrons. The Balaban J connectivity index is 2.05. The molecule has 2 rings (SSSR count). The van der Waals surface area contributed by atoms with Crippen LogP contribution in [0.25, 0.3) is 0 Å². The minimum Gasteiger partial charge on any atom is -0.497 e. The Morgan fingerprint density at radius 2 is 1.78 bits per heavy atom. The number of carbonyl (C=O) groups is 2. The Kier molecular flexibility index (Phi) is 5.98. The van der Waals surface area contributed by atoms with Gasteiger partial charge in [-0.05, 0) is 30.2 Å². The molecule has 1 aliphatic rings. The fourth-order valence-corrected chi connectivity index (χ4v) is 2.46. The van der Waals surface area contributed by atoms with E-state index in [1.54, 1.807) is 36.3 Å². The molecule has 1 saturated heterocycles. The molecule has 23 heavy (non-hydrogen) atoms. The predicted molar refractivity (Wildman–Crippen MR) is 86.5 cm³/mol. The topological polar surface area (TPSA) is 67.9 Å². The smallest absolute Gasteiger partial charge is 0.251 e. The number of carbonyl (C=O) groups excluding carboxylic acids is 2. The van der Waals surface area contributed by atoms with Gasteiger partial charge in [-0.2, -0.15) is 0 Å². The summed E-state index contributed by atoms with van der Waals surface area (Å²) in [6.45, 7) is 6.08. The maximum absolute atomic E-state index is 12.6. The van der Waals surface area contributed by atoms with Crippen molar-refractivity contribution < 1.29 is 19.1 Å². The number of hydrogen-bond acceptors (Lipinski definition) is 4. The van der Waals surface area contributed by atoms with Crippen molar-refractivity contribution in [2.75, 3.05) is 33.4 Å². The lowest BCUT2D eigenvalue weighted by atomic mass is 10.0. The van der Waals surface area contributed by atoms with Crippen LogP contribution in [0.1, 0.15) is 24.2 Å². The van der Waals surface area contributed by atoms with Crippen LogP contribution in [0.3, 0.4) is 0 Å². The summed E-state index contributed by atoms with van der Waals surface area (Å²) in [5, 5.41) is 2.86. The van der Waals surface area contributed by atoms with Gasteiger partial charge in [0.1, 0.15) is 11.8 Å². The Labute approximate surface area is 136 Å². The number of benzene rings is 1. The maximum Gasteiger partial charge on any atom is 0.251 e. The molecular weight excluding hydrogens is 296 g/mol. The molecule has 1 aliphatic heterocycles. The zero-order chi connectivity index (χ0) is 16.8. The predicted octanol–water partition coefficient (Wildman–Crippen LogP) is 1.31. The highest BCUT2D eigenvalue weighted by Gasteiger charge is 2.29. The van der Waals surface area contributed by atoms with Crippen molar-refractivity contribution in [1.29, 1.82) is 0 Å². The van der Waals surface area contributed by atoms with Crippen molar-refractivity contribution in [2.24, 2.45) is 5.92 Å². The molecule has 1 unspecified atom stereocenters. The van der Waals surface area contributed by atoms with Crippen LogP contribution >= 0.6 is 0 Å². The van der Waals surface area contributed by atoms with Gasteiger partial charge in [0.25, 0.3) is 5.91 Å². The van der Waals surface area contributed by atoms with E-state index < -0.39 is 6.04 Å². The summed E-state index contributed by atoms with van der Waals surface area (Å²) in [6, 6.07) is 6.28. The van der Waals surface area contributed by atoms with Gasteiger partial charge in [0, 0.05) is 18.7 Å². The third-order valence-corrected chi connectivity index (χ3v) is 3.89. The first-order valence-corrected chi connectivity index (χ1v) is 7.84. The van der Waals surface area contributed by atoms with Crippen LogP contribution in [-0.2, 0) is 9.53 Å². The van der Waals surface area contributed by atoms with Crippen molar-refractivity contribution in [2.45, 2.75) is 19.9 Å². The molecule has 1 atom stereocenters. The SMILES string of the molecule is COc1ccc(C(=O)NC(C(=O)N2CCOCC2)C(C)C)cc1. The lowest BCUT2D eigenvalue weighted by Gasteiger charge is -2.32. The molecule has 1 heterocycles. The van der Waals surface area contributed by atoms with E-state index in [9.17, 15) is 9.59 Å². The molecule has 1 aromatic rings. The summed E-state index contributed by atoms with van der Waals surface area (Å²) in [5.74, 6) is 0.386. The summed E-state index contributed by atoms with van der Waals surface area (Å²) in [4.78, 5) is 26.8. The van der Waals surface area contributed by atoms with Gasteiger partial charge in [0.15, 0.2) is 0 Å². The van der Waals surface area contributed by atoms with Gasteiger partial charge in [-0.25, -0.2) is 0 Å². The molecule has 6 nitrogen and oxygen atoms in total. The second-order valence-electron chi connectivity index (χ2n) is 5.86. The quantitative estimate of drug-likeness (QED) is 0.888. The fourth-order valence-electron chi connectivity index (χ4n) is 2.46. The zero-order valence-electron chi connectivity index (χ0n) is 13.9. The summed E-state index contributed by atoms with van der Waals surface area (Å²) in [7, 11) is 1.57. The van der Waals surface area contributed by atoms with Crippen molar-refractivity contribution in [3.63, 3.8) is 0 Å². The number of nitrogens with zero attached hydrogens (tertiary/aromatic N) is 1. The van der Waals surface area contributed by atoms with E-state index in [1.165, 1.54) is 0 Å². The Bertz CT molecular complexity index is 536. The number of amides is 2. The molecule has 0 aliphatic carbocycles. The van der Waals surface area contributed by atoms with Crippen LogP contribution in [0.5, 0.6) is 5.75 Å². The fraction of sp³-hybridized carbons (Fsp3) is 0.529. The van der Waals surface area contributed by atoms with Gasteiger partial charge in [0.05, 0.1) is 20.3 Å². The molecule has 0 saturated carbocycles. The molecule has 2 amide bonds. The highest BCUT2D eigenvalue weighted by Crippen LogP contribution is 2.13. The van der Waals surface area contributed by atoms with Gasteiger partial charge in [-0.15, -0.1) is 0 Å². The van der Waals surface area contributed by atoms with Crippen LogP contribution in [0.2, 0.25) is 0 Å². The van der Waals surface area contributed by atoms with E-state index in [0.717, 1.165) is 0 Å². The zero-order valence-corrected chi connectivity index (χ0v) is 13.9. The molecular formula is C17H24N2O4. The van der Waals surface area contributed by atoms with Crippen LogP contribution in [0, 0.1) is 5.92 Å². The third kappa shape index (κ3) is 4.45. The van der Waals surface area contributed by atoms with Gasteiger partial charge < -0.3 is 19.7 Å². The molecule has 0 aromatic heterocycles. The van der Waals surface area contributed by atoms with Gasteiger partial charge in [-0.3, -0.25) is 9.59 Å². The van der Waals surface area contributed by atoms with Crippen molar-refractivity contribution >= 4 is 11.8 Å². The lowest BCUT2D eigenvalue weighted by Crippen LogP contribution is -2.53. The monoisotopic (exact) mass is 320 g/mol. The molecule has 1 fully saturated rings. The van der Waals surface area contributed by atoms with E-state index >= 15 is 0 Å². The van der Waals surface area contributed by atoms with Crippen LogP contribution in [0.15, 0.2) is 24.3 Å². The standard InChI is InChI=1S/C17H24N2O4/c1-12(2)15(17(21)19-8-10-23-11-9-19)18-16(20)13-4-6-14(22-3)7-5-13/h4-7,12,15H,8-11H2,1-3H3,(H,18,20). The van der Waals surface area contributed by atoms with Gasteiger partial charge in [-0.1, -0.05) is 13.8 Å². The Hall–Kier alpha value is -2.08. The van der Waals surface area contributed by atoms with Gasteiger partial charge in [0.2, 0.25) is 5.91 Å². The number of rotatable bonds is 5. The highest BCUT2D eigenvalue weighted by molar-refractivity contribution is 5.97. The second-order valence-corrected chi connectivity index (χ2v) is 5.86. The summed E-state index contributed by atoms with van der Waals surface area (Å²) < 4.78 is 10.4. The first kappa shape index (κ1) is 17.3. The molecule has 0 spiro atoms. The average Bonchev–Trinajstić information content (AvgIpc) is 2.59. The number of hydrogen-bond donors (Lipinski definition) is 1. The Morgan fingerprint density at radius 3 is 2.30 bits per heavy atom. The van der Waals surface area contributed by atoms with Crippen molar-refractivity contribution in [1.82, 2.24) is 10.2 Å². The van der Waals surface area contributed by atoms with E-state index in [4.69, 9.17) is 9.47 Å². The van der Waals surface area contributed by atoms with Crippen LogP contribution in [0.4, 0.5) is 0 Å². The normalized spacial score (nSPS) is 16.1. The highest BCUT2D eigenvalue weighted by atomic mass is 16.5. The minimum atomic E-state index is -0.539. The summed E-state index contributed by atoms with van der Waals surface area (Å²) >= 11 is 0. The first-order valence-electron chi connectivity index (χ1n) is 7.84. The molecule has 1 N–H and O–H groups in total. The van der Waals surface area contributed by atoms with Crippen LogP contribution in [-0.4, -0.2) is 56.2 Å². The average molecular weight is 320 g/mol. The molecule has 126 valence electrons. The number of ether oxygens (including phenoxy) is 2. The largest absolute Gasteiger partial charge is 0.497 e. The van der Waals surface area contributed by atoms with Gasteiger partial charge >= 0.3 is 0 Å². The first-order chi connectivity index (χ1) is 11.0. The number of morpholine rings is 1. The van der Waals surface area contributed by atoms with Crippen molar-refractivity contribution in [3.8, 4) is 5.75 Å². The summed E-state index contributed by atoms with van der Waals surface area (Å²) in [6.07, 6.45) is 0. The molecule has 0 bridgehead atoms. The lowest BCUT2D eigenvalue weighted by molar-refractivity contribution is -0.138. The maximum atomic E-state index is 12.6. The van der Waals surface area contributed by atoms with E-state index in [0.29, 0.717) is 37.6 Å². The van der Waals surface area contributed by atoms with E-state index in [-0.39, 0.29) is 17.7 Å².